The largest absolute Gasteiger partial charge is 0.311 e. The van der Waals surface area contributed by atoms with E-state index >= 15 is 0 Å². The first kappa shape index (κ1) is 12.1. The molecule has 0 radical (unpaired) electrons. The minimum atomic E-state index is -3.33. The monoisotopic (exact) mass is 253 g/mol. The van der Waals surface area contributed by atoms with Gasteiger partial charge in [-0.25, -0.2) is 8.42 Å². The molecule has 1 amide bonds. The minimum Gasteiger partial charge on any atom is -0.311 e. The molecule has 4 nitrogen and oxygen atoms in total. The maximum Gasteiger partial charge on any atom is 0.245 e. The van der Waals surface area contributed by atoms with Crippen molar-refractivity contribution in [1.29, 1.82) is 0 Å². The summed E-state index contributed by atoms with van der Waals surface area (Å²) in [5.74, 6) is -0.336. The van der Waals surface area contributed by atoms with Crippen LogP contribution in [0.2, 0.25) is 0 Å². The second-order valence-corrected chi connectivity index (χ2v) is 6.71. The first-order valence-electron chi connectivity index (χ1n) is 5.49. The van der Waals surface area contributed by atoms with Gasteiger partial charge in [-0.2, -0.15) is 0 Å². The first-order chi connectivity index (χ1) is 7.91. The van der Waals surface area contributed by atoms with Crippen LogP contribution in [0.25, 0.3) is 0 Å². The Morgan fingerprint density at radius 1 is 1.35 bits per heavy atom. The molecule has 0 fully saturated rings. The van der Waals surface area contributed by atoms with E-state index in [9.17, 15) is 13.2 Å². The summed E-state index contributed by atoms with van der Waals surface area (Å²) in [5.41, 5.74) is 1.94. The standard InChI is InChI=1S/C12H15NO3S/c1-9(17(2,15)16)12(14)13-8-7-10-5-3-4-6-11(10)13/h3-6,9H,7-8H2,1-2H3/t9-/m0/s1. The molecule has 0 aliphatic carbocycles. The van der Waals surface area contributed by atoms with Crippen LogP contribution in [-0.4, -0.2) is 32.4 Å². The summed E-state index contributed by atoms with van der Waals surface area (Å²) in [4.78, 5) is 13.7. The molecule has 5 heteroatoms. The van der Waals surface area contributed by atoms with E-state index in [2.05, 4.69) is 0 Å². The van der Waals surface area contributed by atoms with Crippen molar-refractivity contribution >= 4 is 21.4 Å². The molecule has 1 atom stereocenters. The molecule has 1 aromatic rings. The Balaban J connectivity index is 2.30. The lowest BCUT2D eigenvalue weighted by molar-refractivity contribution is -0.117. The van der Waals surface area contributed by atoms with Crippen LogP contribution in [0.5, 0.6) is 0 Å². The lowest BCUT2D eigenvalue weighted by Gasteiger charge is -2.20. The molecule has 1 heterocycles. The van der Waals surface area contributed by atoms with E-state index < -0.39 is 15.1 Å². The number of nitrogens with zero attached hydrogens (tertiary/aromatic N) is 1. The topological polar surface area (TPSA) is 54.5 Å². The number of benzene rings is 1. The molecule has 0 unspecified atom stereocenters. The van der Waals surface area contributed by atoms with Gasteiger partial charge in [0.05, 0.1) is 0 Å². The number of sulfone groups is 1. The number of rotatable bonds is 2. The Labute approximate surface area is 101 Å². The summed E-state index contributed by atoms with van der Waals surface area (Å²) in [6, 6.07) is 7.60. The van der Waals surface area contributed by atoms with Crippen molar-refractivity contribution in [3.05, 3.63) is 29.8 Å². The van der Waals surface area contributed by atoms with Gasteiger partial charge in [-0.05, 0) is 25.0 Å². The molecule has 1 aromatic carbocycles. The fourth-order valence-corrected chi connectivity index (χ4v) is 2.46. The van der Waals surface area contributed by atoms with Crippen LogP contribution in [0.3, 0.4) is 0 Å². The number of para-hydroxylation sites is 1. The molecule has 17 heavy (non-hydrogen) atoms. The van der Waals surface area contributed by atoms with Crippen LogP contribution in [-0.2, 0) is 21.1 Å². The van der Waals surface area contributed by atoms with E-state index in [-0.39, 0.29) is 5.91 Å². The van der Waals surface area contributed by atoms with E-state index in [1.165, 1.54) is 6.92 Å². The van der Waals surface area contributed by atoms with Gasteiger partial charge in [0.2, 0.25) is 5.91 Å². The van der Waals surface area contributed by atoms with E-state index in [4.69, 9.17) is 0 Å². The number of hydrogen-bond donors (Lipinski definition) is 0. The third kappa shape index (κ3) is 2.20. The third-order valence-corrected chi connectivity index (χ3v) is 4.63. The van der Waals surface area contributed by atoms with Gasteiger partial charge in [-0.15, -0.1) is 0 Å². The second-order valence-electron chi connectivity index (χ2n) is 4.34. The molecule has 0 aromatic heterocycles. The number of carbonyl (C=O) groups excluding carboxylic acids is 1. The van der Waals surface area contributed by atoms with Crippen molar-refractivity contribution in [3.63, 3.8) is 0 Å². The van der Waals surface area contributed by atoms with Gasteiger partial charge in [0.1, 0.15) is 5.25 Å². The van der Waals surface area contributed by atoms with Crippen molar-refractivity contribution in [1.82, 2.24) is 0 Å². The van der Waals surface area contributed by atoms with Crippen LogP contribution in [0.15, 0.2) is 24.3 Å². The third-order valence-electron chi connectivity index (χ3n) is 3.14. The highest BCUT2D eigenvalue weighted by Gasteiger charge is 2.32. The van der Waals surface area contributed by atoms with Crippen molar-refractivity contribution < 1.29 is 13.2 Å². The van der Waals surface area contributed by atoms with Crippen molar-refractivity contribution in [2.75, 3.05) is 17.7 Å². The van der Waals surface area contributed by atoms with E-state index in [1.807, 2.05) is 24.3 Å². The highest BCUT2D eigenvalue weighted by atomic mass is 32.2. The molecule has 0 saturated carbocycles. The summed E-state index contributed by atoms with van der Waals surface area (Å²) in [6.45, 7) is 2.01. The van der Waals surface area contributed by atoms with Gasteiger partial charge in [0.25, 0.3) is 0 Å². The normalized spacial score (nSPS) is 16.7. The molecule has 0 saturated heterocycles. The fraction of sp³-hybridized carbons (Fsp3) is 0.417. The zero-order valence-electron chi connectivity index (χ0n) is 9.88. The molecular weight excluding hydrogens is 238 g/mol. The molecule has 2 rings (SSSR count). The van der Waals surface area contributed by atoms with Crippen molar-refractivity contribution in [3.8, 4) is 0 Å². The number of hydrogen-bond acceptors (Lipinski definition) is 3. The summed E-state index contributed by atoms with van der Waals surface area (Å²) in [6.07, 6.45) is 1.88. The van der Waals surface area contributed by atoms with Crippen molar-refractivity contribution in [2.24, 2.45) is 0 Å². The predicted octanol–water partition coefficient (Wildman–Crippen LogP) is 1.01. The number of anilines is 1. The van der Waals surface area contributed by atoms with Crippen LogP contribution in [0.4, 0.5) is 5.69 Å². The van der Waals surface area contributed by atoms with Crippen LogP contribution >= 0.6 is 0 Å². The highest BCUT2D eigenvalue weighted by molar-refractivity contribution is 7.92. The fourth-order valence-electron chi connectivity index (χ4n) is 1.97. The Hall–Kier alpha value is -1.36. The number of amides is 1. The molecule has 92 valence electrons. The maximum atomic E-state index is 12.1. The van der Waals surface area contributed by atoms with E-state index in [0.29, 0.717) is 6.54 Å². The molecule has 1 aliphatic heterocycles. The zero-order chi connectivity index (χ0) is 12.6. The van der Waals surface area contributed by atoms with E-state index in [0.717, 1.165) is 23.9 Å². The first-order valence-corrected chi connectivity index (χ1v) is 7.45. The quantitative estimate of drug-likeness (QED) is 0.790. The molecule has 1 aliphatic rings. The van der Waals surface area contributed by atoms with Gasteiger partial charge in [-0.3, -0.25) is 4.79 Å². The smallest absolute Gasteiger partial charge is 0.245 e. The Morgan fingerprint density at radius 2 is 2.00 bits per heavy atom. The molecule has 0 N–H and O–H groups in total. The maximum absolute atomic E-state index is 12.1. The molecule has 0 bridgehead atoms. The van der Waals surface area contributed by atoms with Gasteiger partial charge >= 0.3 is 0 Å². The average Bonchev–Trinajstić information content (AvgIpc) is 2.69. The lowest BCUT2D eigenvalue weighted by atomic mass is 10.2. The Bertz CT molecular complexity index is 551. The molecule has 0 spiro atoms. The number of carbonyl (C=O) groups is 1. The SMILES string of the molecule is C[C@@H](C(=O)N1CCc2ccccc21)S(C)(=O)=O. The van der Waals surface area contributed by atoms with Gasteiger partial charge < -0.3 is 4.90 Å². The minimum absolute atomic E-state index is 0.336. The average molecular weight is 253 g/mol. The number of fused-ring (bicyclic) bond motifs is 1. The van der Waals surface area contributed by atoms with Gasteiger partial charge in [0, 0.05) is 18.5 Å². The summed E-state index contributed by atoms with van der Waals surface area (Å²) < 4.78 is 22.8. The van der Waals surface area contributed by atoms with Crippen molar-refractivity contribution in [2.45, 2.75) is 18.6 Å². The summed E-state index contributed by atoms with van der Waals surface area (Å²) >= 11 is 0. The Morgan fingerprint density at radius 3 is 2.65 bits per heavy atom. The van der Waals surface area contributed by atoms with Gasteiger partial charge in [-0.1, -0.05) is 18.2 Å². The van der Waals surface area contributed by atoms with Crippen LogP contribution < -0.4 is 4.90 Å². The predicted molar refractivity (Wildman–Crippen MR) is 66.8 cm³/mol. The Kier molecular flexibility index (Phi) is 2.95. The van der Waals surface area contributed by atoms with E-state index in [1.54, 1.807) is 4.90 Å². The lowest BCUT2D eigenvalue weighted by Crippen LogP contribution is -2.40. The zero-order valence-corrected chi connectivity index (χ0v) is 10.7. The highest BCUT2D eigenvalue weighted by Crippen LogP contribution is 2.28. The summed E-state index contributed by atoms with van der Waals surface area (Å²) in [5, 5.41) is -0.978. The van der Waals surface area contributed by atoms with Crippen LogP contribution in [0, 0.1) is 0 Å². The van der Waals surface area contributed by atoms with Crippen LogP contribution in [0.1, 0.15) is 12.5 Å². The second kappa shape index (κ2) is 4.14. The molecular formula is C12H15NO3S. The summed E-state index contributed by atoms with van der Waals surface area (Å²) in [7, 11) is -3.33. The van der Waals surface area contributed by atoms with Gasteiger partial charge in [0.15, 0.2) is 9.84 Å².